The van der Waals surface area contributed by atoms with Crippen LogP contribution >= 0.6 is 0 Å². The molecule has 2 nitrogen and oxygen atoms in total. The zero-order chi connectivity index (χ0) is 9.42. The van der Waals surface area contributed by atoms with E-state index in [1.807, 2.05) is 0 Å². The Kier molecular flexibility index (Phi) is 2.61. The van der Waals surface area contributed by atoms with Gasteiger partial charge in [0.15, 0.2) is 0 Å². The quantitative estimate of drug-likeness (QED) is 0.637. The topological polar surface area (TPSA) is 6.48 Å². The predicted molar refractivity (Wildman–Crippen MR) is 55.9 cm³/mol. The van der Waals surface area contributed by atoms with E-state index in [0.717, 1.165) is 18.0 Å². The second-order valence-corrected chi connectivity index (χ2v) is 4.79. The SMILES string of the molecule is CCN1CCC2CN(C(C)C)CC21. The highest BCUT2D eigenvalue weighted by Gasteiger charge is 2.40. The maximum Gasteiger partial charge on any atom is 0.0264 e. The van der Waals surface area contributed by atoms with Crippen LogP contribution in [0, 0.1) is 5.92 Å². The van der Waals surface area contributed by atoms with Gasteiger partial charge in [-0.25, -0.2) is 0 Å². The normalized spacial score (nSPS) is 36.0. The van der Waals surface area contributed by atoms with Crippen LogP contribution in [0.5, 0.6) is 0 Å². The van der Waals surface area contributed by atoms with Gasteiger partial charge in [0.05, 0.1) is 0 Å². The van der Waals surface area contributed by atoms with Gasteiger partial charge >= 0.3 is 0 Å². The number of hydrogen-bond acceptors (Lipinski definition) is 2. The first kappa shape index (κ1) is 9.47. The summed E-state index contributed by atoms with van der Waals surface area (Å²) in [5.74, 6) is 0.974. The zero-order valence-corrected chi connectivity index (χ0v) is 9.16. The molecule has 2 heterocycles. The van der Waals surface area contributed by atoms with Crippen molar-refractivity contribution in [2.45, 2.75) is 39.3 Å². The third-order valence-electron chi connectivity index (χ3n) is 3.83. The monoisotopic (exact) mass is 182 g/mol. The molecule has 2 unspecified atom stereocenters. The van der Waals surface area contributed by atoms with Crippen molar-refractivity contribution in [1.82, 2.24) is 9.80 Å². The Morgan fingerprint density at radius 2 is 2.08 bits per heavy atom. The Bertz CT molecular complexity index is 179. The minimum absolute atomic E-state index is 0.740. The first-order chi connectivity index (χ1) is 6.22. The van der Waals surface area contributed by atoms with Gasteiger partial charge in [-0.2, -0.15) is 0 Å². The van der Waals surface area contributed by atoms with Gasteiger partial charge in [-0.1, -0.05) is 6.92 Å². The van der Waals surface area contributed by atoms with Crippen LogP contribution in [0.25, 0.3) is 0 Å². The molecule has 0 bridgehead atoms. The van der Waals surface area contributed by atoms with Crippen molar-refractivity contribution in [1.29, 1.82) is 0 Å². The molecular formula is C11H22N2. The van der Waals surface area contributed by atoms with Crippen molar-refractivity contribution in [2.75, 3.05) is 26.2 Å². The van der Waals surface area contributed by atoms with E-state index in [1.165, 1.54) is 32.6 Å². The van der Waals surface area contributed by atoms with E-state index in [2.05, 4.69) is 30.6 Å². The minimum Gasteiger partial charge on any atom is -0.299 e. The van der Waals surface area contributed by atoms with Gasteiger partial charge in [0.25, 0.3) is 0 Å². The van der Waals surface area contributed by atoms with Crippen LogP contribution in [-0.4, -0.2) is 48.1 Å². The average molecular weight is 182 g/mol. The third kappa shape index (κ3) is 1.62. The Hall–Kier alpha value is -0.0800. The molecule has 13 heavy (non-hydrogen) atoms. The van der Waals surface area contributed by atoms with Crippen molar-refractivity contribution in [3.63, 3.8) is 0 Å². The van der Waals surface area contributed by atoms with E-state index in [-0.39, 0.29) is 0 Å². The highest BCUT2D eigenvalue weighted by Crippen LogP contribution is 2.31. The van der Waals surface area contributed by atoms with Gasteiger partial charge in [0.2, 0.25) is 0 Å². The van der Waals surface area contributed by atoms with Crippen LogP contribution in [0.3, 0.4) is 0 Å². The first-order valence-corrected chi connectivity index (χ1v) is 5.70. The van der Waals surface area contributed by atoms with E-state index in [4.69, 9.17) is 0 Å². The summed E-state index contributed by atoms with van der Waals surface area (Å²) in [6.07, 6.45) is 1.43. The van der Waals surface area contributed by atoms with Crippen LogP contribution in [0.15, 0.2) is 0 Å². The van der Waals surface area contributed by atoms with E-state index in [1.54, 1.807) is 0 Å². The lowest BCUT2D eigenvalue weighted by atomic mass is 10.1. The molecule has 2 heteroatoms. The number of hydrogen-bond donors (Lipinski definition) is 0. The van der Waals surface area contributed by atoms with Gasteiger partial charge in [-0.05, 0) is 39.3 Å². The summed E-state index contributed by atoms with van der Waals surface area (Å²) in [6.45, 7) is 12.2. The van der Waals surface area contributed by atoms with Crippen LogP contribution in [0.2, 0.25) is 0 Å². The summed E-state index contributed by atoms with van der Waals surface area (Å²) in [6, 6.07) is 1.62. The number of likely N-dealkylation sites (N-methyl/N-ethyl adjacent to an activating group) is 1. The molecule has 0 saturated carbocycles. The predicted octanol–water partition coefficient (Wildman–Crippen LogP) is 1.42. The van der Waals surface area contributed by atoms with Crippen molar-refractivity contribution >= 4 is 0 Å². The van der Waals surface area contributed by atoms with Gasteiger partial charge in [-0.15, -0.1) is 0 Å². The lowest BCUT2D eigenvalue weighted by molar-refractivity contribution is 0.211. The minimum atomic E-state index is 0.740. The molecule has 0 aliphatic carbocycles. The second-order valence-electron chi connectivity index (χ2n) is 4.79. The van der Waals surface area contributed by atoms with Crippen molar-refractivity contribution in [3.8, 4) is 0 Å². The summed E-state index contributed by atoms with van der Waals surface area (Å²) in [5.41, 5.74) is 0. The summed E-state index contributed by atoms with van der Waals surface area (Å²) in [4.78, 5) is 5.30. The summed E-state index contributed by atoms with van der Waals surface area (Å²) >= 11 is 0. The molecular weight excluding hydrogens is 160 g/mol. The summed E-state index contributed by atoms with van der Waals surface area (Å²) in [5, 5.41) is 0. The molecule has 2 aliphatic heterocycles. The second kappa shape index (κ2) is 3.58. The Morgan fingerprint density at radius 3 is 2.69 bits per heavy atom. The van der Waals surface area contributed by atoms with E-state index in [0.29, 0.717) is 0 Å². The van der Waals surface area contributed by atoms with Crippen molar-refractivity contribution < 1.29 is 0 Å². The molecule has 0 aromatic carbocycles. The van der Waals surface area contributed by atoms with E-state index in [9.17, 15) is 0 Å². The molecule has 0 radical (unpaired) electrons. The lowest BCUT2D eigenvalue weighted by Gasteiger charge is -2.25. The Morgan fingerprint density at radius 1 is 1.31 bits per heavy atom. The summed E-state index contributed by atoms with van der Waals surface area (Å²) < 4.78 is 0. The Balaban J connectivity index is 1.97. The molecule has 0 aromatic heterocycles. The van der Waals surface area contributed by atoms with E-state index < -0.39 is 0 Å². The molecule has 2 atom stereocenters. The van der Waals surface area contributed by atoms with Gasteiger partial charge in [-0.3, -0.25) is 9.80 Å². The van der Waals surface area contributed by atoms with E-state index >= 15 is 0 Å². The molecule has 0 amide bonds. The Labute approximate surface area is 81.9 Å². The lowest BCUT2D eigenvalue weighted by Crippen LogP contribution is -2.36. The maximum absolute atomic E-state index is 2.66. The van der Waals surface area contributed by atoms with Crippen LogP contribution < -0.4 is 0 Å². The van der Waals surface area contributed by atoms with Crippen molar-refractivity contribution in [3.05, 3.63) is 0 Å². The maximum atomic E-state index is 2.66. The highest BCUT2D eigenvalue weighted by molar-refractivity contribution is 4.96. The van der Waals surface area contributed by atoms with Crippen LogP contribution in [-0.2, 0) is 0 Å². The van der Waals surface area contributed by atoms with Crippen LogP contribution in [0.4, 0.5) is 0 Å². The molecule has 2 aliphatic rings. The van der Waals surface area contributed by atoms with Gasteiger partial charge in [0.1, 0.15) is 0 Å². The zero-order valence-electron chi connectivity index (χ0n) is 9.16. The average Bonchev–Trinajstić information content (AvgIpc) is 2.60. The van der Waals surface area contributed by atoms with Crippen molar-refractivity contribution in [2.24, 2.45) is 5.92 Å². The summed E-state index contributed by atoms with van der Waals surface area (Å²) in [7, 11) is 0. The molecule has 0 aromatic rings. The number of likely N-dealkylation sites (tertiary alicyclic amines) is 2. The highest BCUT2D eigenvalue weighted by atomic mass is 15.3. The van der Waals surface area contributed by atoms with Gasteiger partial charge in [0, 0.05) is 25.2 Å². The standard InChI is InChI=1S/C11H22N2/c1-4-12-6-5-10-7-13(9(2)3)8-11(10)12/h9-11H,4-8H2,1-3H3. The number of nitrogens with zero attached hydrogens (tertiary/aromatic N) is 2. The van der Waals surface area contributed by atoms with Gasteiger partial charge < -0.3 is 0 Å². The fraction of sp³-hybridized carbons (Fsp3) is 1.00. The molecule has 76 valence electrons. The molecule has 0 spiro atoms. The molecule has 0 N–H and O–H groups in total. The fourth-order valence-corrected chi connectivity index (χ4v) is 2.90. The first-order valence-electron chi connectivity index (χ1n) is 5.70. The molecule has 2 saturated heterocycles. The number of rotatable bonds is 2. The third-order valence-corrected chi connectivity index (χ3v) is 3.83. The smallest absolute Gasteiger partial charge is 0.0264 e. The molecule has 2 rings (SSSR count). The van der Waals surface area contributed by atoms with Crippen LogP contribution in [0.1, 0.15) is 27.2 Å². The number of fused-ring (bicyclic) bond motifs is 1. The fourth-order valence-electron chi connectivity index (χ4n) is 2.90. The largest absolute Gasteiger partial charge is 0.299 e. The molecule has 2 fully saturated rings.